The monoisotopic (exact) mass is 175 g/mol. The Bertz CT molecular complexity index is 169. The number of nitrogens with zero attached hydrogens (tertiary/aromatic N) is 1. The highest BCUT2D eigenvalue weighted by Crippen LogP contribution is 1.92. The van der Waals surface area contributed by atoms with E-state index in [9.17, 15) is 9.59 Å². The van der Waals surface area contributed by atoms with Gasteiger partial charge >= 0.3 is 12.1 Å². The molecule has 0 aliphatic heterocycles. The largest absolute Gasteiger partial charge is 0.468 e. The highest BCUT2D eigenvalue weighted by molar-refractivity contribution is 5.77. The Morgan fingerprint density at radius 2 is 1.83 bits per heavy atom. The zero-order chi connectivity index (χ0) is 9.56. The Kier molecular flexibility index (Phi) is 4.83. The second-order valence-corrected chi connectivity index (χ2v) is 2.06. The number of esters is 1. The molecule has 70 valence electrons. The van der Waals surface area contributed by atoms with Crippen LogP contribution < -0.4 is 0 Å². The van der Waals surface area contributed by atoms with E-state index >= 15 is 0 Å². The molecule has 0 N–H and O–H groups in total. The first kappa shape index (κ1) is 10.7. The summed E-state index contributed by atoms with van der Waals surface area (Å²) in [6.45, 7) is 2.10. The molecule has 0 spiro atoms. The van der Waals surface area contributed by atoms with Crippen LogP contribution in [0.1, 0.15) is 6.92 Å². The SMILES string of the molecule is CCN(CC(=O)OC)C(=O)OC. The number of hydrogen-bond donors (Lipinski definition) is 0. The maximum absolute atomic E-state index is 10.9. The Labute approximate surface area is 71.2 Å². The van der Waals surface area contributed by atoms with Gasteiger partial charge in [0.25, 0.3) is 0 Å². The first-order valence-corrected chi connectivity index (χ1v) is 3.55. The summed E-state index contributed by atoms with van der Waals surface area (Å²) in [6, 6.07) is 0. The van der Waals surface area contributed by atoms with Crippen LogP contribution in [0.2, 0.25) is 0 Å². The molecule has 0 atom stereocenters. The van der Waals surface area contributed by atoms with Gasteiger partial charge in [-0.2, -0.15) is 0 Å². The topological polar surface area (TPSA) is 55.8 Å². The molecular weight excluding hydrogens is 162 g/mol. The van der Waals surface area contributed by atoms with Crippen LogP contribution in [0.5, 0.6) is 0 Å². The molecule has 0 bridgehead atoms. The Morgan fingerprint density at radius 3 is 2.17 bits per heavy atom. The third-order valence-electron chi connectivity index (χ3n) is 1.36. The van der Waals surface area contributed by atoms with Crippen LogP contribution in [0, 0.1) is 0 Å². The highest BCUT2D eigenvalue weighted by Gasteiger charge is 2.15. The molecule has 5 nitrogen and oxygen atoms in total. The van der Waals surface area contributed by atoms with E-state index in [1.165, 1.54) is 19.1 Å². The number of carbonyl (C=O) groups is 2. The number of ether oxygens (including phenoxy) is 2. The van der Waals surface area contributed by atoms with E-state index in [0.29, 0.717) is 6.54 Å². The van der Waals surface area contributed by atoms with Crippen LogP contribution in [0.3, 0.4) is 0 Å². The van der Waals surface area contributed by atoms with Crippen molar-refractivity contribution >= 4 is 12.1 Å². The van der Waals surface area contributed by atoms with Gasteiger partial charge in [0.1, 0.15) is 6.54 Å². The lowest BCUT2D eigenvalue weighted by molar-refractivity contribution is -0.141. The molecule has 0 aliphatic carbocycles. The van der Waals surface area contributed by atoms with Crippen molar-refractivity contribution in [2.24, 2.45) is 0 Å². The lowest BCUT2D eigenvalue weighted by atomic mass is 10.5. The van der Waals surface area contributed by atoms with E-state index in [2.05, 4.69) is 9.47 Å². The quantitative estimate of drug-likeness (QED) is 0.577. The van der Waals surface area contributed by atoms with E-state index in [1.807, 2.05) is 0 Å². The van der Waals surface area contributed by atoms with Crippen molar-refractivity contribution in [2.75, 3.05) is 27.3 Å². The van der Waals surface area contributed by atoms with Gasteiger partial charge in [0.15, 0.2) is 0 Å². The van der Waals surface area contributed by atoms with Gasteiger partial charge in [-0.1, -0.05) is 0 Å². The summed E-state index contributed by atoms with van der Waals surface area (Å²) in [5.41, 5.74) is 0. The van der Waals surface area contributed by atoms with Crippen molar-refractivity contribution in [2.45, 2.75) is 6.92 Å². The lowest BCUT2D eigenvalue weighted by Crippen LogP contribution is -2.35. The van der Waals surface area contributed by atoms with Gasteiger partial charge in [-0.05, 0) is 6.92 Å². The fraction of sp³-hybridized carbons (Fsp3) is 0.714. The average molecular weight is 175 g/mol. The zero-order valence-corrected chi connectivity index (χ0v) is 7.49. The van der Waals surface area contributed by atoms with Crippen molar-refractivity contribution in [1.82, 2.24) is 4.90 Å². The summed E-state index contributed by atoms with van der Waals surface area (Å²) in [5.74, 6) is -0.456. The lowest BCUT2D eigenvalue weighted by Gasteiger charge is -2.16. The van der Waals surface area contributed by atoms with Crippen molar-refractivity contribution in [3.05, 3.63) is 0 Å². The standard InChI is InChI=1S/C7H13NO4/c1-4-8(7(10)12-3)5-6(9)11-2/h4-5H2,1-3H3. The number of amides is 1. The van der Waals surface area contributed by atoms with Gasteiger partial charge in [-0.3, -0.25) is 9.69 Å². The van der Waals surface area contributed by atoms with E-state index in [-0.39, 0.29) is 6.54 Å². The first-order valence-electron chi connectivity index (χ1n) is 3.55. The minimum Gasteiger partial charge on any atom is -0.468 e. The fourth-order valence-electron chi connectivity index (χ4n) is 0.655. The van der Waals surface area contributed by atoms with Gasteiger partial charge < -0.3 is 9.47 Å². The molecule has 0 aromatic rings. The number of hydrogen-bond acceptors (Lipinski definition) is 4. The average Bonchev–Trinajstić information content (AvgIpc) is 2.12. The van der Waals surface area contributed by atoms with Crippen LogP contribution >= 0.6 is 0 Å². The Hall–Kier alpha value is -1.26. The molecule has 0 heterocycles. The zero-order valence-electron chi connectivity index (χ0n) is 7.49. The van der Waals surface area contributed by atoms with Gasteiger partial charge in [-0.25, -0.2) is 4.79 Å². The molecule has 0 fully saturated rings. The number of carbonyl (C=O) groups excluding carboxylic acids is 2. The van der Waals surface area contributed by atoms with Crippen LogP contribution in [0.25, 0.3) is 0 Å². The summed E-state index contributed by atoms with van der Waals surface area (Å²) in [4.78, 5) is 22.9. The molecular formula is C7H13NO4. The number of rotatable bonds is 3. The van der Waals surface area contributed by atoms with E-state index in [1.54, 1.807) is 6.92 Å². The normalized spacial score (nSPS) is 8.92. The molecule has 0 rings (SSSR count). The first-order chi connectivity index (χ1) is 5.65. The maximum Gasteiger partial charge on any atom is 0.410 e. The third-order valence-corrected chi connectivity index (χ3v) is 1.36. The van der Waals surface area contributed by atoms with Gasteiger partial charge in [-0.15, -0.1) is 0 Å². The van der Waals surface area contributed by atoms with Gasteiger partial charge in [0, 0.05) is 6.54 Å². The molecule has 0 saturated heterocycles. The molecule has 1 amide bonds. The smallest absolute Gasteiger partial charge is 0.410 e. The molecule has 0 aromatic heterocycles. The Morgan fingerprint density at radius 1 is 1.25 bits per heavy atom. The van der Waals surface area contributed by atoms with Crippen LogP contribution in [-0.2, 0) is 14.3 Å². The van der Waals surface area contributed by atoms with Gasteiger partial charge in [0.2, 0.25) is 0 Å². The summed E-state index contributed by atoms with van der Waals surface area (Å²) in [6.07, 6.45) is -0.525. The summed E-state index contributed by atoms with van der Waals surface area (Å²) >= 11 is 0. The minimum absolute atomic E-state index is 0.0698. The summed E-state index contributed by atoms with van der Waals surface area (Å²) < 4.78 is 8.82. The molecule has 0 saturated carbocycles. The predicted molar refractivity (Wildman–Crippen MR) is 41.7 cm³/mol. The summed E-state index contributed by atoms with van der Waals surface area (Å²) in [5, 5.41) is 0. The molecule has 0 aromatic carbocycles. The highest BCUT2D eigenvalue weighted by atomic mass is 16.5. The van der Waals surface area contributed by atoms with Crippen LogP contribution in [0.15, 0.2) is 0 Å². The number of likely N-dealkylation sites (N-methyl/N-ethyl adjacent to an activating group) is 1. The van der Waals surface area contributed by atoms with Crippen molar-refractivity contribution in [3.63, 3.8) is 0 Å². The van der Waals surface area contributed by atoms with Crippen molar-refractivity contribution in [3.8, 4) is 0 Å². The molecule has 5 heteroatoms. The van der Waals surface area contributed by atoms with Gasteiger partial charge in [0.05, 0.1) is 14.2 Å². The molecule has 0 aliphatic rings. The molecule has 12 heavy (non-hydrogen) atoms. The maximum atomic E-state index is 10.9. The number of methoxy groups -OCH3 is 2. The second kappa shape index (κ2) is 5.40. The van der Waals surface area contributed by atoms with Crippen LogP contribution in [0.4, 0.5) is 4.79 Å². The predicted octanol–water partition coefficient (Wildman–Crippen LogP) is 0.248. The van der Waals surface area contributed by atoms with Crippen molar-refractivity contribution < 1.29 is 19.1 Å². The van der Waals surface area contributed by atoms with E-state index in [4.69, 9.17) is 0 Å². The van der Waals surface area contributed by atoms with E-state index in [0.717, 1.165) is 0 Å². The van der Waals surface area contributed by atoms with Crippen LogP contribution in [-0.4, -0.2) is 44.3 Å². The van der Waals surface area contributed by atoms with Crippen molar-refractivity contribution in [1.29, 1.82) is 0 Å². The third kappa shape index (κ3) is 3.23. The fourth-order valence-corrected chi connectivity index (χ4v) is 0.655. The minimum atomic E-state index is -0.525. The molecule has 0 unspecified atom stereocenters. The van der Waals surface area contributed by atoms with E-state index < -0.39 is 12.1 Å². The summed E-state index contributed by atoms with van der Waals surface area (Å²) in [7, 11) is 2.54. The Balaban J connectivity index is 3.99. The molecule has 0 radical (unpaired) electrons. The second-order valence-electron chi connectivity index (χ2n) is 2.06.